The molecule has 156 valence electrons. The van der Waals surface area contributed by atoms with Crippen molar-refractivity contribution < 1.29 is 18.9 Å². The quantitative estimate of drug-likeness (QED) is 0.551. The van der Waals surface area contributed by atoms with Gasteiger partial charge in [-0.05, 0) is 35.4 Å². The molecule has 0 aromatic heterocycles. The molecule has 7 heteroatoms. The van der Waals surface area contributed by atoms with Gasteiger partial charge in [-0.25, -0.2) is 0 Å². The van der Waals surface area contributed by atoms with E-state index in [1.165, 1.54) is 0 Å². The van der Waals surface area contributed by atoms with Gasteiger partial charge in [-0.2, -0.15) is 0 Å². The molecular weight excluding hydrogens is 370 g/mol. The van der Waals surface area contributed by atoms with E-state index in [1.807, 2.05) is 30.3 Å². The highest BCUT2D eigenvalue weighted by molar-refractivity contribution is 5.79. The maximum atomic E-state index is 5.44. The molecule has 0 amide bonds. The topological polar surface area (TPSA) is 73.3 Å². The first-order valence-electron chi connectivity index (χ1n) is 9.52. The maximum Gasteiger partial charge on any atom is 0.231 e. The predicted octanol–water partition coefficient (Wildman–Crippen LogP) is 3.08. The number of nitrogens with zero attached hydrogens (tertiary/aromatic N) is 1. The molecule has 0 radical (unpaired) electrons. The summed E-state index contributed by atoms with van der Waals surface area (Å²) in [7, 11) is 5.05. The van der Waals surface area contributed by atoms with Crippen molar-refractivity contribution in [2.24, 2.45) is 4.99 Å². The highest BCUT2D eigenvalue weighted by atomic mass is 16.7. The lowest BCUT2D eigenvalue weighted by Gasteiger charge is -2.27. The van der Waals surface area contributed by atoms with Gasteiger partial charge in [0.1, 0.15) is 0 Å². The summed E-state index contributed by atoms with van der Waals surface area (Å²) in [5.41, 5.74) is 2.10. The van der Waals surface area contributed by atoms with Gasteiger partial charge in [0.25, 0.3) is 0 Å². The molecule has 0 spiro atoms. The van der Waals surface area contributed by atoms with Crippen LogP contribution in [0.2, 0.25) is 0 Å². The summed E-state index contributed by atoms with van der Waals surface area (Å²) in [6.07, 6.45) is 0. The van der Waals surface area contributed by atoms with E-state index >= 15 is 0 Å². The predicted molar refractivity (Wildman–Crippen MR) is 113 cm³/mol. The number of nitrogens with one attached hydrogen (secondary N) is 2. The molecule has 0 aliphatic carbocycles. The molecule has 0 saturated carbocycles. The molecule has 1 aliphatic heterocycles. The Hall–Kier alpha value is -3.09. The molecule has 0 bridgehead atoms. The van der Waals surface area contributed by atoms with Gasteiger partial charge in [-0.1, -0.05) is 26.0 Å². The molecule has 3 rings (SSSR count). The Kier molecular flexibility index (Phi) is 6.36. The van der Waals surface area contributed by atoms with Crippen LogP contribution in [0.3, 0.4) is 0 Å². The number of benzene rings is 2. The minimum absolute atomic E-state index is 0.143. The van der Waals surface area contributed by atoms with E-state index in [0.717, 1.165) is 40.1 Å². The first-order chi connectivity index (χ1) is 14.0. The van der Waals surface area contributed by atoms with Crippen LogP contribution in [0.5, 0.6) is 23.0 Å². The number of hydrogen-bond acceptors (Lipinski definition) is 5. The Morgan fingerprint density at radius 1 is 1.00 bits per heavy atom. The molecule has 1 heterocycles. The Morgan fingerprint density at radius 3 is 2.48 bits per heavy atom. The minimum atomic E-state index is -0.143. The van der Waals surface area contributed by atoms with Crippen molar-refractivity contribution in [3.05, 3.63) is 47.5 Å². The van der Waals surface area contributed by atoms with Gasteiger partial charge in [0, 0.05) is 25.6 Å². The second kappa shape index (κ2) is 8.94. The van der Waals surface area contributed by atoms with Gasteiger partial charge < -0.3 is 29.6 Å². The second-order valence-corrected chi connectivity index (χ2v) is 7.42. The molecule has 2 N–H and O–H groups in total. The van der Waals surface area contributed by atoms with Gasteiger partial charge >= 0.3 is 0 Å². The van der Waals surface area contributed by atoms with E-state index in [1.54, 1.807) is 21.3 Å². The largest absolute Gasteiger partial charge is 0.493 e. The van der Waals surface area contributed by atoms with E-state index in [0.29, 0.717) is 13.1 Å². The fraction of sp³-hybridized carbons (Fsp3) is 0.409. The third-order valence-corrected chi connectivity index (χ3v) is 4.98. The Bertz CT molecular complexity index is 880. The molecule has 0 atom stereocenters. The van der Waals surface area contributed by atoms with Crippen molar-refractivity contribution in [3.8, 4) is 23.0 Å². The van der Waals surface area contributed by atoms with Crippen molar-refractivity contribution in [3.63, 3.8) is 0 Å². The lowest BCUT2D eigenvalue weighted by molar-refractivity contribution is 0.174. The van der Waals surface area contributed by atoms with Crippen LogP contribution in [0.4, 0.5) is 0 Å². The first kappa shape index (κ1) is 20.6. The van der Waals surface area contributed by atoms with Crippen LogP contribution < -0.4 is 29.6 Å². The summed E-state index contributed by atoms with van der Waals surface area (Å²) in [4.78, 5) is 4.33. The fourth-order valence-corrected chi connectivity index (χ4v) is 3.12. The van der Waals surface area contributed by atoms with Crippen LogP contribution in [-0.4, -0.2) is 40.6 Å². The zero-order valence-corrected chi connectivity index (χ0v) is 17.7. The third-order valence-electron chi connectivity index (χ3n) is 4.98. The van der Waals surface area contributed by atoms with Crippen LogP contribution in [-0.2, 0) is 12.0 Å². The van der Waals surface area contributed by atoms with Crippen LogP contribution >= 0.6 is 0 Å². The number of fused-ring (bicyclic) bond motifs is 1. The third kappa shape index (κ3) is 4.85. The summed E-state index contributed by atoms with van der Waals surface area (Å²) in [6, 6.07) is 11.9. The standard InChI is InChI=1S/C22H29N3O4/c1-22(2,16-7-9-17(26-4)19(11-16)27-5)13-25-21(23-3)24-12-15-6-8-18-20(10-15)29-14-28-18/h6-11H,12-14H2,1-5H3,(H2,23,24,25). The zero-order valence-electron chi connectivity index (χ0n) is 17.7. The SMILES string of the molecule is CN=C(NCc1ccc2c(c1)OCO2)NCC(C)(C)c1ccc(OC)c(OC)c1. The van der Waals surface area contributed by atoms with Crippen LogP contribution in [0.15, 0.2) is 41.4 Å². The Morgan fingerprint density at radius 2 is 1.76 bits per heavy atom. The smallest absolute Gasteiger partial charge is 0.231 e. The van der Waals surface area contributed by atoms with Crippen molar-refractivity contribution >= 4 is 5.96 Å². The molecule has 1 aliphatic rings. The molecule has 2 aromatic rings. The van der Waals surface area contributed by atoms with Crippen LogP contribution in [0, 0.1) is 0 Å². The summed E-state index contributed by atoms with van der Waals surface area (Å²) >= 11 is 0. The zero-order chi connectivity index (χ0) is 20.9. The highest BCUT2D eigenvalue weighted by Crippen LogP contribution is 2.33. The average Bonchev–Trinajstić information content (AvgIpc) is 3.21. The second-order valence-electron chi connectivity index (χ2n) is 7.42. The van der Waals surface area contributed by atoms with Gasteiger partial charge in [-0.15, -0.1) is 0 Å². The van der Waals surface area contributed by atoms with Crippen molar-refractivity contribution in [1.82, 2.24) is 10.6 Å². The number of rotatable bonds is 7. The normalized spacial score (nSPS) is 13.2. The summed E-state index contributed by atoms with van der Waals surface area (Å²) in [5.74, 6) is 3.75. The first-order valence-corrected chi connectivity index (χ1v) is 9.52. The van der Waals surface area contributed by atoms with E-state index in [9.17, 15) is 0 Å². The van der Waals surface area contributed by atoms with Crippen LogP contribution in [0.1, 0.15) is 25.0 Å². The molecule has 0 fully saturated rings. The Balaban J connectivity index is 1.59. The number of methoxy groups -OCH3 is 2. The van der Waals surface area contributed by atoms with Crippen LogP contribution in [0.25, 0.3) is 0 Å². The summed E-state index contributed by atoms with van der Waals surface area (Å²) in [6.45, 7) is 5.95. The van der Waals surface area contributed by atoms with Crippen molar-refractivity contribution in [2.45, 2.75) is 25.8 Å². The van der Waals surface area contributed by atoms with Crippen molar-refractivity contribution in [1.29, 1.82) is 0 Å². The molecule has 29 heavy (non-hydrogen) atoms. The van der Waals surface area contributed by atoms with Gasteiger partial charge in [0.2, 0.25) is 6.79 Å². The maximum absolute atomic E-state index is 5.44. The fourth-order valence-electron chi connectivity index (χ4n) is 3.12. The van der Waals surface area contributed by atoms with E-state index in [2.05, 4.69) is 35.5 Å². The monoisotopic (exact) mass is 399 g/mol. The van der Waals surface area contributed by atoms with Crippen molar-refractivity contribution in [2.75, 3.05) is 34.6 Å². The summed E-state index contributed by atoms with van der Waals surface area (Å²) in [5, 5.41) is 6.75. The van der Waals surface area contributed by atoms with Gasteiger partial charge in [-0.3, -0.25) is 4.99 Å². The molecule has 2 aromatic carbocycles. The van der Waals surface area contributed by atoms with E-state index < -0.39 is 0 Å². The van der Waals surface area contributed by atoms with E-state index in [-0.39, 0.29) is 12.2 Å². The highest BCUT2D eigenvalue weighted by Gasteiger charge is 2.23. The minimum Gasteiger partial charge on any atom is -0.493 e. The van der Waals surface area contributed by atoms with Gasteiger partial charge in [0.05, 0.1) is 14.2 Å². The molecule has 0 saturated heterocycles. The number of hydrogen-bond donors (Lipinski definition) is 2. The molecule has 7 nitrogen and oxygen atoms in total. The lowest BCUT2D eigenvalue weighted by Crippen LogP contribution is -2.43. The number of guanidine groups is 1. The number of ether oxygens (including phenoxy) is 4. The molecule has 0 unspecified atom stereocenters. The Labute approximate surface area is 172 Å². The molecular formula is C22H29N3O4. The van der Waals surface area contributed by atoms with Gasteiger partial charge in [0.15, 0.2) is 29.0 Å². The average molecular weight is 399 g/mol. The van der Waals surface area contributed by atoms with E-state index in [4.69, 9.17) is 18.9 Å². The summed E-state index contributed by atoms with van der Waals surface area (Å²) < 4.78 is 21.6. The lowest BCUT2D eigenvalue weighted by atomic mass is 9.84. The number of aliphatic imine (C=N–C) groups is 1.